The smallest absolute Gasteiger partial charge is 0.233 e. The molecular formula is C22H18F2N6OS. The van der Waals surface area contributed by atoms with Gasteiger partial charge < -0.3 is 4.90 Å². The van der Waals surface area contributed by atoms with Crippen molar-refractivity contribution in [3.8, 4) is 29.2 Å². The first-order chi connectivity index (χ1) is 15.5. The van der Waals surface area contributed by atoms with Crippen LogP contribution in [0.25, 0.3) is 17.1 Å². The molecular weight excluding hydrogens is 434 g/mol. The molecule has 10 heteroatoms. The summed E-state index contributed by atoms with van der Waals surface area (Å²) in [4.78, 5) is 14.1. The number of benzene rings is 2. The molecule has 0 spiro atoms. The Morgan fingerprint density at radius 1 is 0.938 bits per heavy atom. The largest absolute Gasteiger partial charge is 0.340 e. The zero-order chi connectivity index (χ0) is 22.9. The van der Waals surface area contributed by atoms with Crippen LogP contribution in [0.4, 0.5) is 8.78 Å². The van der Waals surface area contributed by atoms with Crippen LogP contribution in [0.3, 0.4) is 0 Å². The van der Waals surface area contributed by atoms with Crippen LogP contribution in [-0.4, -0.2) is 44.4 Å². The Hall–Kier alpha value is -3.76. The predicted octanol–water partition coefficient (Wildman–Crippen LogP) is 3.96. The lowest BCUT2D eigenvalue weighted by Gasteiger charge is -2.20. The highest BCUT2D eigenvalue weighted by atomic mass is 32.2. The van der Waals surface area contributed by atoms with Crippen LogP contribution in [0.1, 0.15) is 12.8 Å². The number of rotatable bonds is 9. The van der Waals surface area contributed by atoms with Gasteiger partial charge >= 0.3 is 0 Å². The van der Waals surface area contributed by atoms with Crippen molar-refractivity contribution < 1.29 is 13.6 Å². The monoisotopic (exact) mass is 452 g/mol. The summed E-state index contributed by atoms with van der Waals surface area (Å²) >= 11 is 1.13. The topological polar surface area (TPSA) is 98.6 Å². The van der Waals surface area contributed by atoms with Gasteiger partial charge in [-0.25, -0.2) is 8.78 Å². The Morgan fingerprint density at radius 3 is 2.06 bits per heavy atom. The first-order valence-electron chi connectivity index (χ1n) is 9.65. The Bertz CT molecular complexity index is 1130. The van der Waals surface area contributed by atoms with Crippen LogP contribution >= 0.6 is 11.8 Å². The van der Waals surface area contributed by atoms with Crippen molar-refractivity contribution in [1.82, 2.24) is 19.7 Å². The van der Waals surface area contributed by atoms with E-state index in [1.165, 1.54) is 29.2 Å². The van der Waals surface area contributed by atoms with Gasteiger partial charge in [0.05, 0.1) is 30.7 Å². The summed E-state index contributed by atoms with van der Waals surface area (Å²) in [5, 5.41) is 26.4. The van der Waals surface area contributed by atoms with Crippen molar-refractivity contribution in [2.45, 2.75) is 18.0 Å². The second-order valence-corrected chi connectivity index (χ2v) is 7.55. The average molecular weight is 452 g/mol. The van der Waals surface area contributed by atoms with Gasteiger partial charge in [-0.1, -0.05) is 11.8 Å². The first-order valence-corrected chi connectivity index (χ1v) is 10.6. The molecule has 1 aromatic heterocycles. The maximum atomic E-state index is 13.5. The Labute approximate surface area is 187 Å². The molecule has 0 saturated carbocycles. The number of amides is 1. The molecule has 0 bridgehead atoms. The molecule has 0 fully saturated rings. The minimum Gasteiger partial charge on any atom is -0.340 e. The highest BCUT2D eigenvalue weighted by Gasteiger charge is 2.19. The third-order valence-electron chi connectivity index (χ3n) is 4.49. The second-order valence-electron chi connectivity index (χ2n) is 6.61. The number of nitrogens with zero attached hydrogens (tertiary/aromatic N) is 6. The minimum atomic E-state index is -0.403. The molecule has 0 N–H and O–H groups in total. The van der Waals surface area contributed by atoms with E-state index in [1.807, 2.05) is 12.1 Å². The van der Waals surface area contributed by atoms with E-state index < -0.39 is 11.6 Å². The van der Waals surface area contributed by atoms with Crippen molar-refractivity contribution in [3.05, 3.63) is 60.2 Å². The fourth-order valence-electron chi connectivity index (χ4n) is 2.92. The third kappa shape index (κ3) is 5.68. The van der Waals surface area contributed by atoms with Gasteiger partial charge in [0.25, 0.3) is 0 Å². The van der Waals surface area contributed by atoms with Gasteiger partial charge in [0, 0.05) is 24.3 Å². The van der Waals surface area contributed by atoms with E-state index in [0.717, 1.165) is 11.8 Å². The van der Waals surface area contributed by atoms with Crippen LogP contribution in [0, 0.1) is 34.3 Å². The number of carbonyl (C=O) groups is 1. The zero-order valence-corrected chi connectivity index (χ0v) is 17.7. The van der Waals surface area contributed by atoms with Crippen LogP contribution in [0.15, 0.2) is 53.7 Å². The van der Waals surface area contributed by atoms with E-state index in [2.05, 4.69) is 10.2 Å². The molecule has 3 rings (SSSR count). The van der Waals surface area contributed by atoms with Gasteiger partial charge in [-0.05, 0) is 48.5 Å². The molecule has 1 amide bonds. The molecule has 1 heterocycles. The molecule has 162 valence electrons. The molecule has 0 aliphatic heterocycles. The highest BCUT2D eigenvalue weighted by Crippen LogP contribution is 2.28. The number of carbonyl (C=O) groups excluding carboxylic acids is 1. The SMILES string of the molecule is N#CCCN(CCC#N)C(=O)CSc1nnc(-c2ccc(F)cc2)n1-c1ccc(F)cc1. The Morgan fingerprint density at radius 2 is 1.50 bits per heavy atom. The summed E-state index contributed by atoms with van der Waals surface area (Å²) in [7, 11) is 0. The van der Waals surface area contributed by atoms with E-state index in [0.29, 0.717) is 22.2 Å². The third-order valence-corrected chi connectivity index (χ3v) is 5.40. The lowest BCUT2D eigenvalue weighted by molar-refractivity contribution is -0.128. The normalized spacial score (nSPS) is 10.4. The van der Waals surface area contributed by atoms with Crippen molar-refractivity contribution in [2.75, 3.05) is 18.8 Å². The molecule has 0 aliphatic carbocycles. The molecule has 0 aliphatic rings. The summed E-state index contributed by atoms with van der Waals surface area (Å²) in [5.74, 6) is -0.605. The molecule has 32 heavy (non-hydrogen) atoms. The summed E-state index contributed by atoms with van der Waals surface area (Å²) in [6, 6.07) is 15.4. The lowest BCUT2D eigenvalue weighted by atomic mass is 10.2. The van der Waals surface area contributed by atoms with Gasteiger partial charge in [-0.2, -0.15) is 10.5 Å². The molecule has 2 aromatic carbocycles. The fourth-order valence-corrected chi connectivity index (χ4v) is 3.78. The predicted molar refractivity (Wildman–Crippen MR) is 114 cm³/mol. The van der Waals surface area contributed by atoms with Gasteiger partial charge in [0.15, 0.2) is 11.0 Å². The second kappa shape index (κ2) is 11.0. The number of thioether (sulfide) groups is 1. The molecule has 0 saturated heterocycles. The van der Waals surface area contributed by atoms with Gasteiger partial charge in [-0.3, -0.25) is 9.36 Å². The Balaban J connectivity index is 1.88. The number of hydrogen-bond acceptors (Lipinski definition) is 6. The molecule has 7 nitrogen and oxygen atoms in total. The van der Waals surface area contributed by atoms with E-state index in [1.54, 1.807) is 28.8 Å². The van der Waals surface area contributed by atoms with E-state index in [9.17, 15) is 13.6 Å². The van der Waals surface area contributed by atoms with Crippen molar-refractivity contribution in [2.24, 2.45) is 0 Å². The number of halogens is 2. The lowest BCUT2D eigenvalue weighted by Crippen LogP contribution is -2.34. The molecule has 0 unspecified atom stereocenters. The van der Waals surface area contributed by atoms with Crippen molar-refractivity contribution >= 4 is 17.7 Å². The van der Waals surface area contributed by atoms with Gasteiger partial charge in [-0.15, -0.1) is 10.2 Å². The number of hydrogen-bond donors (Lipinski definition) is 0. The van der Waals surface area contributed by atoms with Crippen molar-refractivity contribution in [1.29, 1.82) is 10.5 Å². The van der Waals surface area contributed by atoms with Gasteiger partial charge in [0.2, 0.25) is 5.91 Å². The summed E-state index contributed by atoms with van der Waals surface area (Å²) in [6.45, 7) is 0.478. The molecule has 3 aromatic rings. The standard InChI is InChI=1S/C22H18F2N6OS/c23-17-5-3-16(4-6-17)21-27-28-22(30(21)19-9-7-18(24)8-10-19)32-15-20(31)29(13-1-11-25)14-2-12-26/h3-10H,1-2,13-15H2. The minimum absolute atomic E-state index is 0.0135. The Kier molecular flexibility index (Phi) is 7.90. The molecule has 0 radical (unpaired) electrons. The van der Waals surface area contributed by atoms with Crippen LogP contribution in [-0.2, 0) is 4.79 Å². The number of nitriles is 2. The van der Waals surface area contributed by atoms with Crippen LogP contribution in [0.5, 0.6) is 0 Å². The van der Waals surface area contributed by atoms with Crippen LogP contribution < -0.4 is 0 Å². The quantitative estimate of drug-likeness (QED) is 0.456. The summed E-state index contributed by atoms with van der Waals surface area (Å²) in [5.41, 5.74) is 1.18. The number of aromatic nitrogens is 3. The van der Waals surface area contributed by atoms with Crippen LogP contribution in [0.2, 0.25) is 0 Å². The maximum absolute atomic E-state index is 13.5. The van der Waals surface area contributed by atoms with E-state index >= 15 is 0 Å². The van der Waals surface area contributed by atoms with Gasteiger partial charge in [0.1, 0.15) is 11.6 Å². The highest BCUT2D eigenvalue weighted by molar-refractivity contribution is 7.99. The maximum Gasteiger partial charge on any atom is 0.233 e. The summed E-state index contributed by atoms with van der Waals surface area (Å²) < 4.78 is 28.5. The fraction of sp³-hybridized carbons (Fsp3) is 0.227. The average Bonchev–Trinajstić information content (AvgIpc) is 3.22. The van der Waals surface area contributed by atoms with Crippen molar-refractivity contribution in [3.63, 3.8) is 0 Å². The first kappa shape index (κ1) is 22.9. The van der Waals surface area contributed by atoms with E-state index in [4.69, 9.17) is 10.5 Å². The zero-order valence-electron chi connectivity index (χ0n) is 16.9. The van der Waals surface area contributed by atoms with E-state index in [-0.39, 0.29) is 37.6 Å². The summed E-state index contributed by atoms with van der Waals surface area (Å²) in [6.07, 6.45) is 0.338. The molecule has 0 atom stereocenters.